The number of rotatable bonds is 16. The number of Topliss-reactive ketones (excluding diaryl/α,β-unsaturated/α-hetero) is 1. The van der Waals surface area contributed by atoms with Gasteiger partial charge in [0.2, 0.25) is 0 Å². The van der Waals surface area contributed by atoms with Crippen molar-refractivity contribution in [1.29, 1.82) is 0 Å². The van der Waals surface area contributed by atoms with Crippen LogP contribution in [0.3, 0.4) is 0 Å². The average Bonchev–Trinajstić information content (AvgIpc) is 2.83. The van der Waals surface area contributed by atoms with Crippen molar-refractivity contribution in [2.75, 3.05) is 6.54 Å². The monoisotopic (exact) mass is 554 g/mol. The molecule has 0 aromatic heterocycles. The van der Waals surface area contributed by atoms with Crippen LogP contribution in [0.4, 0.5) is 0 Å². The van der Waals surface area contributed by atoms with E-state index >= 15 is 0 Å². The maximum Gasteiger partial charge on any atom is 0.178 e. The van der Waals surface area contributed by atoms with E-state index in [0.29, 0.717) is 12.7 Å². The van der Waals surface area contributed by atoms with Crippen molar-refractivity contribution < 1.29 is 91.9 Å². The van der Waals surface area contributed by atoms with Crippen LogP contribution in [0.5, 0.6) is 0 Å². The Balaban J connectivity index is -0.000000203. The topological polar surface area (TPSA) is 385 Å². The highest BCUT2D eigenvalue weighted by molar-refractivity contribution is 6.31. The molecule has 0 aromatic carbocycles. The zero-order valence-electron chi connectivity index (χ0n) is 20.7. The third-order valence-electron chi connectivity index (χ3n) is 3.92. The van der Waals surface area contributed by atoms with Gasteiger partial charge >= 0.3 is 0 Å². The molecule has 3 atom stereocenters. The molecule has 0 aromatic rings. The number of aldehydes is 1. The van der Waals surface area contributed by atoms with Crippen LogP contribution < -0.4 is 53.6 Å². The highest BCUT2D eigenvalue weighted by Gasteiger charge is 2.06. The Bertz CT molecular complexity index is 775. The molecule has 0 heterocycles. The minimum atomic E-state index is -1.86. The summed E-state index contributed by atoms with van der Waals surface area (Å²) in [5.74, 6) is -9.39. The van der Waals surface area contributed by atoms with Gasteiger partial charge in [-0.3, -0.25) is 4.79 Å². The van der Waals surface area contributed by atoms with E-state index in [2.05, 4.69) is 22.9 Å². The summed E-state index contributed by atoms with van der Waals surface area (Å²) in [6.45, 7) is 0.763. The number of carbonyl (C=O) groups excluding carboxylic acids is 8. The summed E-state index contributed by atoms with van der Waals surface area (Å²) in [5.41, 5.74) is 13.4. The number of carboxylic acid groups (broad SMARTS) is 6. The summed E-state index contributed by atoms with van der Waals surface area (Å²) in [7, 11) is 0. The molecule has 0 saturated heterocycles. The Kier molecular flexibility index (Phi) is 28.2. The third kappa shape index (κ3) is 34.2. The maximum absolute atomic E-state index is 10.1. The van der Waals surface area contributed by atoms with E-state index in [9.17, 15) is 69.0 Å². The lowest BCUT2D eigenvalue weighted by atomic mass is 10.2. The van der Waals surface area contributed by atoms with Gasteiger partial charge in [-0.25, -0.2) is 0 Å². The van der Waals surface area contributed by atoms with Crippen molar-refractivity contribution in [3.63, 3.8) is 0 Å². The van der Waals surface area contributed by atoms with Crippen LogP contribution in [0.1, 0.15) is 51.4 Å². The molecular formula is C20H34N4O14-2. The largest absolute Gasteiger partial charge is 0.550 e. The van der Waals surface area contributed by atoms with Gasteiger partial charge in [0, 0.05) is 50.5 Å². The Morgan fingerprint density at radius 1 is 0.605 bits per heavy atom. The number of hydrogen-bond donors (Lipinski definition) is 4. The van der Waals surface area contributed by atoms with Gasteiger partial charge in [-0.15, -0.1) is 0 Å². The first-order valence-electron chi connectivity index (χ1n) is 10.9. The number of carboxylic acids is 6. The SMILES string of the molecule is O=C([O-])CCC(=O)C(=O)[O-].[NH3+]C(CCC(=O)[O-])C(=O)[O-].[NH3+]C(CCC=O)C(=O)[O-].[NH3+]CCC[C@H]([NH3+])C(=O)[O-]. The zero-order valence-corrected chi connectivity index (χ0v) is 20.7. The van der Waals surface area contributed by atoms with Crippen molar-refractivity contribution in [2.24, 2.45) is 0 Å². The molecule has 0 fully saturated rings. The first kappa shape index (κ1) is 41.1. The Hall–Kier alpha value is -4.00. The zero-order chi connectivity index (χ0) is 30.8. The molecule has 0 aliphatic rings. The number of carbonyl (C=O) groups is 8. The minimum absolute atomic E-state index is 0.0370. The van der Waals surface area contributed by atoms with E-state index in [1.807, 2.05) is 0 Å². The molecule has 220 valence electrons. The summed E-state index contributed by atoms with van der Waals surface area (Å²) >= 11 is 0. The predicted molar refractivity (Wildman–Crippen MR) is 106 cm³/mol. The van der Waals surface area contributed by atoms with Crippen LogP contribution in [-0.2, 0) is 38.4 Å². The second-order valence-electron chi connectivity index (χ2n) is 7.28. The molecule has 0 spiro atoms. The first-order valence-corrected chi connectivity index (χ1v) is 10.9. The Labute approximate surface area is 216 Å². The van der Waals surface area contributed by atoms with Crippen molar-refractivity contribution >= 4 is 47.9 Å². The molecule has 0 rings (SSSR count). The fourth-order valence-corrected chi connectivity index (χ4v) is 1.62. The molecule has 0 amide bonds. The highest BCUT2D eigenvalue weighted by atomic mass is 16.4. The Morgan fingerprint density at radius 3 is 1.32 bits per heavy atom. The molecular weight excluding hydrogens is 520 g/mol. The molecule has 0 aliphatic carbocycles. The van der Waals surface area contributed by atoms with Crippen LogP contribution in [0.2, 0.25) is 0 Å². The maximum atomic E-state index is 10.1. The molecule has 18 nitrogen and oxygen atoms in total. The second-order valence-corrected chi connectivity index (χ2v) is 7.28. The molecule has 0 bridgehead atoms. The third-order valence-corrected chi connectivity index (χ3v) is 3.92. The van der Waals surface area contributed by atoms with Gasteiger partial charge in [-0.1, -0.05) is 0 Å². The molecule has 0 saturated carbocycles. The molecule has 0 radical (unpaired) electrons. The number of aliphatic carboxylic acids is 6. The van der Waals surface area contributed by atoms with E-state index in [4.69, 9.17) is 0 Å². The van der Waals surface area contributed by atoms with Crippen LogP contribution in [0.15, 0.2) is 0 Å². The van der Waals surface area contributed by atoms with Gasteiger partial charge in [0.05, 0.1) is 24.5 Å². The lowest BCUT2D eigenvalue weighted by Crippen LogP contribution is -2.68. The standard InChI is InChI=1S/C5H12N2O2.C5H9NO4.C5H9NO3.C5H6O5/c6-3-1-2-4(7)5(8)9;6-3(5(9)10)1-2-4(7)8;6-4(5(8)9)2-1-3-7;6-3(5(9)10)1-2-4(7)8/h4H,1-3,6-7H2,(H,8,9);3H,1-2,6H2,(H,7,8)(H,9,10);3-4H,1-2,6H2,(H,8,9);1-2H2,(H,7,8)(H,9,10)/p-2/t4-;;;/m0.../s1. The quantitative estimate of drug-likeness (QED) is 0.102. The lowest BCUT2D eigenvalue weighted by molar-refractivity contribution is -0.441. The molecule has 2 unspecified atom stereocenters. The van der Waals surface area contributed by atoms with Gasteiger partial charge < -0.3 is 87.1 Å². The van der Waals surface area contributed by atoms with Gasteiger partial charge in [0.15, 0.2) is 5.78 Å². The Morgan fingerprint density at radius 2 is 1.00 bits per heavy atom. The van der Waals surface area contributed by atoms with E-state index in [1.165, 1.54) is 0 Å². The summed E-state index contributed by atoms with van der Waals surface area (Å²) in [6, 6.07) is -2.28. The highest BCUT2D eigenvalue weighted by Crippen LogP contribution is 1.89. The van der Waals surface area contributed by atoms with Crippen molar-refractivity contribution in [3.8, 4) is 0 Å². The van der Waals surface area contributed by atoms with Crippen LogP contribution in [0.25, 0.3) is 0 Å². The second kappa shape index (κ2) is 26.1. The summed E-state index contributed by atoms with van der Waals surface area (Å²) in [5, 5.41) is 58.9. The van der Waals surface area contributed by atoms with Crippen LogP contribution in [0, 0.1) is 0 Å². The molecule has 12 N–H and O–H groups in total. The molecule has 38 heavy (non-hydrogen) atoms. The van der Waals surface area contributed by atoms with Crippen molar-refractivity contribution in [3.05, 3.63) is 0 Å². The average molecular weight is 555 g/mol. The smallest absolute Gasteiger partial charge is 0.178 e. The summed E-state index contributed by atoms with van der Waals surface area (Å²) in [6.07, 6.45) is 1.09. The fourth-order valence-electron chi connectivity index (χ4n) is 1.62. The first-order chi connectivity index (χ1) is 17.4. The minimum Gasteiger partial charge on any atom is -0.550 e. The number of quaternary nitrogens is 4. The summed E-state index contributed by atoms with van der Waals surface area (Å²) < 4.78 is 0. The van der Waals surface area contributed by atoms with Crippen LogP contribution >= 0.6 is 0 Å². The van der Waals surface area contributed by atoms with E-state index in [0.717, 1.165) is 13.0 Å². The number of ketones is 1. The van der Waals surface area contributed by atoms with Gasteiger partial charge in [-0.2, -0.15) is 0 Å². The normalized spacial score (nSPS) is 11.7. The van der Waals surface area contributed by atoms with E-state index in [1.54, 1.807) is 0 Å². The van der Waals surface area contributed by atoms with Crippen LogP contribution in [-0.4, -0.2) is 72.6 Å². The van der Waals surface area contributed by atoms with E-state index < -0.39 is 72.6 Å². The van der Waals surface area contributed by atoms with Crippen molar-refractivity contribution in [2.45, 2.75) is 69.5 Å². The van der Waals surface area contributed by atoms with Crippen molar-refractivity contribution in [1.82, 2.24) is 0 Å². The van der Waals surface area contributed by atoms with Gasteiger partial charge in [0.25, 0.3) is 0 Å². The lowest BCUT2D eigenvalue weighted by Gasteiger charge is -2.08. The molecule has 0 aliphatic heterocycles. The number of hydrogen-bond acceptors (Lipinski definition) is 14. The predicted octanol–water partition coefficient (Wildman–Crippen LogP) is -13.6. The summed E-state index contributed by atoms with van der Waals surface area (Å²) in [4.78, 5) is 78.7. The van der Waals surface area contributed by atoms with E-state index in [-0.39, 0.29) is 25.7 Å². The fraction of sp³-hybridized carbons (Fsp3) is 0.600. The van der Waals surface area contributed by atoms with Gasteiger partial charge in [-0.05, 0) is 12.8 Å². The van der Waals surface area contributed by atoms with Gasteiger partial charge in [0.1, 0.15) is 30.4 Å². The molecule has 18 heteroatoms.